The molecule has 1 fully saturated rings. The van der Waals surface area contributed by atoms with Gasteiger partial charge in [-0.25, -0.2) is 4.79 Å². The molecular formula is C12H23NO3. The number of aliphatic hydroxyl groups excluding tert-OH is 1. The number of carbonyl (C=O) groups is 1. The lowest BCUT2D eigenvalue weighted by Gasteiger charge is -2.29. The first-order valence-electron chi connectivity index (χ1n) is 6.01. The standard InChI is InChI=1S/C12H23NO3/c1-12(2,3)16-11(15)13-10-6-4-5-9(7-10)8-14/h9-10,14H,4-8H2,1-3H3,(H,13,15)/t9-,10-/m1/s1. The van der Waals surface area contributed by atoms with Gasteiger partial charge in [-0.3, -0.25) is 0 Å². The Labute approximate surface area is 97.4 Å². The van der Waals surface area contributed by atoms with Crippen molar-refractivity contribution >= 4 is 6.09 Å². The Hall–Kier alpha value is -0.770. The zero-order chi connectivity index (χ0) is 12.2. The Morgan fingerprint density at radius 3 is 2.69 bits per heavy atom. The van der Waals surface area contributed by atoms with E-state index < -0.39 is 5.60 Å². The van der Waals surface area contributed by atoms with Crippen LogP contribution in [0.1, 0.15) is 46.5 Å². The Bertz CT molecular complexity index is 235. The van der Waals surface area contributed by atoms with Crippen LogP contribution in [0.3, 0.4) is 0 Å². The lowest BCUT2D eigenvalue weighted by molar-refractivity contribution is 0.0475. The molecule has 0 aromatic heterocycles. The van der Waals surface area contributed by atoms with E-state index >= 15 is 0 Å². The van der Waals surface area contributed by atoms with Crippen LogP contribution in [0.5, 0.6) is 0 Å². The predicted octanol–water partition coefficient (Wildman–Crippen LogP) is 2.06. The number of hydrogen-bond donors (Lipinski definition) is 2. The number of carbonyl (C=O) groups excluding carboxylic acids is 1. The van der Waals surface area contributed by atoms with Gasteiger partial charge in [0.15, 0.2) is 0 Å². The molecule has 0 bridgehead atoms. The van der Waals surface area contributed by atoms with Crippen molar-refractivity contribution in [3.05, 3.63) is 0 Å². The van der Waals surface area contributed by atoms with Gasteiger partial charge in [-0.1, -0.05) is 6.42 Å². The second-order valence-corrected chi connectivity index (χ2v) is 5.56. The van der Waals surface area contributed by atoms with E-state index in [9.17, 15) is 4.79 Å². The molecule has 4 heteroatoms. The van der Waals surface area contributed by atoms with Crippen molar-refractivity contribution in [3.8, 4) is 0 Å². The summed E-state index contributed by atoms with van der Waals surface area (Å²) >= 11 is 0. The van der Waals surface area contributed by atoms with Crippen LogP contribution in [0, 0.1) is 5.92 Å². The maximum Gasteiger partial charge on any atom is 0.407 e. The Balaban J connectivity index is 2.33. The average molecular weight is 229 g/mol. The summed E-state index contributed by atoms with van der Waals surface area (Å²) in [6.07, 6.45) is 3.61. The predicted molar refractivity (Wildman–Crippen MR) is 62.2 cm³/mol. The fourth-order valence-electron chi connectivity index (χ4n) is 2.06. The van der Waals surface area contributed by atoms with Gasteiger partial charge in [0.05, 0.1) is 0 Å². The molecule has 2 N–H and O–H groups in total. The van der Waals surface area contributed by atoms with Crippen molar-refractivity contribution < 1.29 is 14.6 Å². The summed E-state index contributed by atoms with van der Waals surface area (Å²) in [5.41, 5.74) is -0.449. The monoisotopic (exact) mass is 229 g/mol. The van der Waals surface area contributed by atoms with E-state index in [4.69, 9.17) is 9.84 Å². The third-order valence-electron chi connectivity index (χ3n) is 2.76. The molecule has 4 nitrogen and oxygen atoms in total. The largest absolute Gasteiger partial charge is 0.444 e. The molecule has 0 aliphatic heterocycles. The molecule has 2 atom stereocenters. The van der Waals surface area contributed by atoms with Gasteiger partial charge in [0.1, 0.15) is 5.60 Å². The van der Waals surface area contributed by atoms with Crippen LogP contribution in [-0.4, -0.2) is 29.4 Å². The lowest BCUT2D eigenvalue weighted by atomic mass is 9.86. The van der Waals surface area contributed by atoms with E-state index in [1.165, 1.54) is 0 Å². The zero-order valence-electron chi connectivity index (χ0n) is 10.5. The first kappa shape index (κ1) is 13.3. The first-order valence-corrected chi connectivity index (χ1v) is 6.01. The summed E-state index contributed by atoms with van der Waals surface area (Å²) in [6, 6.07) is 0.153. The third kappa shape index (κ3) is 4.84. The van der Waals surface area contributed by atoms with Crippen molar-refractivity contribution in [2.75, 3.05) is 6.61 Å². The number of alkyl carbamates (subject to hydrolysis) is 1. The molecule has 1 aliphatic carbocycles. The molecule has 16 heavy (non-hydrogen) atoms. The van der Waals surface area contributed by atoms with Gasteiger partial charge in [0.25, 0.3) is 0 Å². The summed E-state index contributed by atoms with van der Waals surface area (Å²) in [7, 11) is 0. The number of nitrogens with one attached hydrogen (secondary N) is 1. The fraction of sp³-hybridized carbons (Fsp3) is 0.917. The van der Waals surface area contributed by atoms with Crippen LogP contribution in [0.4, 0.5) is 4.79 Å². The molecule has 1 amide bonds. The van der Waals surface area contributed by atoms with Gasteiger partial charge in [-0.05, 0) is 46.0 Å². The SMILES string of the molecule is CC(C)(C)OC(=O)N[C@@H]1CCC[C@@H](CO)C1. The van der Waals surface area contributed by atoms with Crippen LogP contribution in [0.2, 0.25) is 0 Å². The van der Waals surface area contributed by atoms with Crippen LogP contribution in [0.25, 0.3) is 0 Å². The van der Waals surface area contributed by atoms with Gasteiger partial charge in [-0.15, -0.1) is 0 Å². The minimum absolute atomic E-state index is 0.153. The van der Waals surface area contributed by atoms with Gasteiger partial charge in [-0.2, -0.15) is 0 Å². The Morgan fingerprint density at radius 1 is 1.44 bits per heavy atom. The molecule has 0 aromatic carbocycles. The molecule has 1 aliphatic rings. The van der Waals surface area contributed by atoms with Crippen molar-refractivity contribution in [1.82, 2.24) is 5.32 Å². The summed E-state index contributed by atoms with van der Waals surface area (Å²) < 4.78 is 5.20. The third-order valence-corrected chi connectivity index (χ3v) is 2.76. The van der Waals surface area contributed by atoms with E-state index in [0.717, 1.165) is 25.7 Å². The smallest absolute Gasteiger partial charge is 0.407 e. The average Bonchev–Trinajstić information content (AvgIpc) is 2.15. The highest BCUT2D eigenvalue weighted by molar-refractivity contribution is 5.68. The van der Waals surface area contributed by atoms with E-state index in [1.54, 1.807) is 0 Å². The van der Waals surface area contributed by atoms with Crippen LogP contribution in [-0.2, 0) is 4.74 Å². The van der Waals surface area contributed by atoms with Crippen LogP contribution in [0.15, 0.2) is 0 Å². The maximum absolute atomic E-state index is 11.5. The normalized spacial score (nSPS) is 26.2. The van der Waals surface area contributed by atoms with Crippen LogP contribution < -0.4 is 5.32 Å². The number of rotatable bonds is 2. The molecule has 0 unspecified atom stereocenters. The fourth-order valence-corrected chi connectivity index (χ4v) is 2.06. The van der Waals surface area contributed by atoms with Crippen molar-refractivity contribution in [3.63, 3.8) is 0 Å². The minimum Gasteiger partial charge on any atom is -0.444 e. The molecule has 94 valence electrons. The quantitative estimate of drug-likeness (QED) is 0.762. The molecule has 1 rings (SSSR count). The van der Waals surface area contributed by atoms with Gasteiger partial charge in [0.2, 0.25) is 0 Å². The Morgan fingerprint density at radius 2 is 2.12 bits per heavy atom. The summed E-state index contributed by atoms with van der Waals surface area (Å²) in [6.45, 7) is 5.77. The number of amides is 1. The molecule has 0 radical (unpaired) electrons. The van der Waals surface area contributed by atoms with E-state index in [-0.39, 0.29) is 18.7 Å². The lowest BCUT2D eigenvalue weighted by Crippen LogP contribution is -2.41. The topological polar surface area (TPSA) is 58.6 Å². The van der Waals surface area contributed by atoms with Gasteiger partial charge in [0, 0.05) is 12.6 Å². The number of hydrogen-bond acceptors (Lipinski definition) is 3. The highest BCUT2D eigenvalue weighted by Crippen LogP contribution is 2.23. The Kier molecular flexibility index (Phi) is 4.59. The van der Waals surface area contributed by atoms with E-state index in [0.29, 0.717) is 5.92 Å². The number of ether oxygens (including phenoxy) is 1. The van der Waals surface area contributed by atoms with Gasteiger partial charge >= 0.3 is 6.09 Å². The zero-order valence-corrected chi connectivity index (χ0v) is 10.5. The second kappa shape index (κ2) is 5.53. The van der Waals surface area contributed by atoms with Gasteiger partial charge < -0.3 is 15.2 Å². The van der Waals surface area contributed by atoms with E-state index in [2.05, 4.69) is 5.32 Å². The summed E-state index contributed by atoms with van der Waals surface area (Å²) in [5.74, 6) is 0.327. The highest BCUT2D eigenvalue weighted by Gasteiger charge is 2.24. The molecule has 1 saturated carbocycles. The molecule has 0 heterocycles. The molecular weight excluding hydrogens is 206 g/mol. The van der Waals surface area contributed by atoms with Crippen molar-refractivity contribution in [2.24, 2.45) is 5.92 Å². The maximum atomic E-state index is 11.5. The summed E-state index contributed by atoms with van der Waals surface area (Å²) in [5, 5.41) is 12.0. The molecule has 0 saturated heterocycles. The second-order valence-electron chi connectivity index (χ2n) is 5.56. The highest BCUT2D eigenvalue weighted by atomic mass is 16.6. The van der Waals surface area contributed by atoms with E-state index in [1.807, 2.05) is 20.8 Å². The minimum atomic E-state index is -0.449. The van der Waals surface area contributed by atoms with Crippen molar-refractivity contribution in [1.29, 1.82) is 0 Å². The molecule has 0 aromatic rings. The van der Waals surface area contributed by atoms with Crippen molar-refractivity contribution in [2.45, 2.75) is 58.1 Å². The molecule has 0 spiro atoms. The number of aliphatic hydroxyl groups is 1. The first-order chi connectivity index (χ1) is 7.40. The van der Waals surface area contributed by atoms with Crippen LogP contribution >= 0.6 is 0 Å². The summed E-state index contributed by atoms with van der Waals surface area (Å²) in [4.78, 5) is 11.5.